The van der Waals surface area contributed by atoms with Crippen molar-refractivity contribution in [2.75, 3.05) is 18.1 Å². The third-order valence-corrected chi connectivity index (χ3v) is 5.65. The van der Waals surface area contributed by atoms with Crippen LogP contribution < -0.4 is 0 Å². The summed E-state index contributed by atoms with van der Waals surface area (Å²) >= 11 is 0. The van der Waals surface area contributed by atoms with Gasteiger partial charge in [-0.05, 0) is 26.3 Å². The number of amides is 1. The molecule has 1 amide bonds. The summed E-state index contributed by atoms with van der Waals surface area (Å²) in [7, 11) is -3.10. The first-order chi connectivity index (χ1) is 10.2. The lowest BCUT2D eigenvalue weighted by Crippen LogP contribution is -2.41. The average molecular weight is 326 g/mol. The molecular formula is C14H18N2O5S. The maximum Gasteiger partial charge on any atom is 0.273 e. The third-order valence-electron chi connectivity index (χ3n) is 3.90. The first kappa shape index (κ1) is 16.4. The van der Waals surface area contributed by atoms with Gasteiger partial charge in [0.1, 0.15) is 0 Å². The van der Waals surface area contributed by atoms with Crippen molar-refractivity contribution >= 4 is 21.4 Å². The number of carbonyl (C=O) groups is 1. The second-order valence-corrected chi connectivity index (χ2v) is 7.64. The summed E-state index contributed by atoms with van der Waals surface area (Å²) in [5, 5.41) is 11.0. The predicted octanol–water partition coefficient (Wildman–Crippen LogP) is 1.55. The Hall–Kier alpha value is -1.96. The van der Waals surface area contributed by atoms with Crippen LogP contribution in [-0.2, 0) is 9.84 Å². The summed E-state index contributed by atoms with van der Waals surface area (Å²) in [4.78, 5) is 24.5. The van der Waals surface area contributed by atoms with Gasteiger partial charge in [-0.3, -0.25) is 14.9 Å². The van der Waals surface area contributed by atoms with E-state index in [-0.39, 0.29) is 34.7 Å². The molecule has 0 N–H and O–H groups in total. The van der Waals surface area contributed by atoms with E-state index in [4.69, 9.17) is 0 Å². The van der Waals surface area contributed by atoms with Crippen LogP contribution in [0.5, 0.6) is 0 Å². The van der Waals surface area contributed by atoms with Crippen molar-refractivity contribution in [2.45, 2.75) is 26.3 Å². The molecule has 1 aromatic carbocycles. The smallest absolute Gasteiger partial charge is 0.273 e. The molecule has 1 saturated heterocycles. The Balaban J connectivity index is 2.29. The van der Waals surface area contributed by atoms with Gasteiger partial charge in [0.05, 0.1) is 16.4 Å². The average Bonchev–Trinajstić information content (AvgIpc) is 2.79. The van der Waals surface area contributed by atoms with Crippen LogP contribution in [0.1, 0.15) is 29.3 Å². The topological polar surface area (TPSA) is 97.6 Å². The van der Waals surface area contributed by atoms with Gasteiger partial charge in [0, 0.05) is 29.8 Å². The zero-order valence-electron chi connectivity index (χ0n) is 12.5. The zero-order valence-corrected chi connectivity index (χ0v) is 13.3. The van der Waals surface area contributed by atoms with Gasteiger partial charge in [-0.25, -0.2) is 8.42 Å². The zero-order chi connectivity index (χ0) is 16.5. The van der Waals surface area contributed by atoms with Crippen LogP contribution in [-0.4, -0.2) is 48.2 Å². The molecule has 1 fully saturated rings. The fraction of sp³-hybridized carbons (Fsp3) is 0.500. The third kappa shape index (κ3) is 3.27. The maximum absolute atomic E-state index is 12.6. The van der Waals surface area contributed by atoms with E-state index in [0.717, 1.165) is 0 Å². The molecule has 0 aromatic heterocycles. The van der Waals surface area contributed by atoms with Crippen LogP contribution in [0.2, 0.25) is 0 Å². The Morgan fingerprint density at radius 2 is 2.14 bits per heavy atom. The fourth-order valence-electron chi connectivity index (χ4n) is 2.69. The molecule has 0 saturated carbocycles. The highest BCUT2D eigenvalue weighted by Gasteiger charge is 2.34. The molecule has 22 heavy (non-hydrogen) atoms. The summed E-state index contributed by atoms with van der Waals surface area (Å²) in [6, 6.07) is 3.97. The minimum atomic E-state index is -3.10. The number of hydrogen-bond donors (Lipinski definition) is 0. The summed E-state index contributed by atoms with van der Waals surface area (Å²) in [5.74, 6) is -0.330. The van der Waals surface area contributed by atoms with Gasteiger partial charge in [-0.2, -0.15) is 0 Å². The van der Waals surface area contributed by atoms with Gasteiger partial charge >= 0.3 is 0 Å². The highest BCUT2D eigenvalue weighted by molar-refractivity contribution is 7.91. The van der Waals surface area contributed by atoms with Crippen LogP contribution in [0.3, 0.4) is 0 Å². The van der Waals surface area contributed by atoms with E-state index in [9.17, 15) is 23.3 Å². The lowest BCUT2D eigenvalue weighted by molar-refractivity contribution is -0.385. The summed E-state index contributed by atoms with van der Waals surface area (Å²) in [5.41, 5.74) is 0.581. The molecule has 0 unspecified atom stereocenters. The van der Waals surface area contributed by atoms with Crippen LogP contribution >= 0.6 is 0 Å². The minimum absolute atomic E-state index is 0.0411. The molecule has 0 radical (unpaired) electrons. The van der Waals surface area contributed by atoms with E-state index in [1.54, 1.807) is 13.8 Å². The highest BCUT2D eigenvalue weighted by atomic mass is 32.2. The maximum atomic E-state index is 12.6. The van der Waals surface area contributed by atoms with Crippen molar-refractivity contribution in [1.82, 2.24) is 4.90 Å². The SMILES string of the molecule is CCN(C(=O)c1ccc(C)c([N+](=O)[O-])c1)[C@H]1CCS(=O)(=O)C1. The molecular weight excluding hydrogens is 308 g/mol. The predicted molar refractivity (Wildman–Crippen MR) is 81.6 cm³/mol. The lowest BCUT2D eigenvalue weighted by atomic mass is 10.1. The van der Waals surface area contributed by atoms with Crippen molar-refractivity contribution in [3.63, 3.8) is 0 Å². The Bertz CT molecular complexity index is 714. The first-order valence-electron chi connectivity index (χ1n) is 7.01. The number of sulfone groups is 1. The van der Waals surface area contributed by atoms with Crippen LogP contribution in [0, 0.1) is 17.0 Å². The highest BCUT2D eigenvalue weighted by Crippen LogP contribution is 2.23. The molecule has 1 atom stereocenters. The number of nitro benzene ring substituents is 1. The van der Waals surface area contributed by atoms with Gasteiger partial charge in [0.15, 0.2) is 9.84 Å². The molecule has 120 valence electrons. The number of rotatable bonds is 4. The van der Waals surface area contributed by atoms with Crippen LogP contribution in [0.25, 0.3) is 0 Å². The fourth-order valence-corrected chi connectivity index (χ4v) is 4.42. The van der Waals surface area contributed by atoms with E-state index >= 15 is 0 Å². The molecule has 0 bridgehead atoms. The standard InChI is InChI=1S/C14H18N2O5S/c1-3-15(12-6-7-22(20,21)9-12)14(17)11-5-4-10(2)13(8-11)16(18)19/h4-5,8,12H,3,6-7,9H2,1-2H3/t12-/m0/s1. The summed E-state index contributed by atoms with van der Waals surface area (Å²) < 4.78 is 23.2. The minimum Gasteiger partial charge on any atom is -0.335 e. The van der Waals surface area contributed by atoms with Gasteiger partial charge in [0.2, 0.25) is 0 Å². The Kier molecular flexibility index (Phi) is 4.50. The number of aryl methyl sites for hydroxylation is 1. The molecule has 0 spiro atoms. The summed E-state index contributed by atoms with van der Waals surface area (Å²) in [6.07, 6.45) is 0.413. The molecule has 1 aromatic rings. The molecule has 1 aliphatic heterocycles. The monoisotopic (exact) mass is 326 g/mol. The van der Waals surface area contributed by atoms with Gasteiger partial charge < -0.3 is 4.90 Å². The van der Waals surface area contributed by atoms with Gasteiger partial charge in [0.25, 0.3) is 11.6 Å². The van der Waals surface area contributed by atoms with E-state index < -0.39 is 14.8 Å². The van der Waals surface area contributed by atoms with E-state index in [0.29, 0.717) is 18.5 Å². The van der Waals surface area contributed by atoms with Crippen LogP contribution in [0.4, 0.5) is 5.69 Å². The van der Waals surface area contributed by atoms with Crippen molar-refractivity contribution in [2.24, 2.45) is 0 Å². The second kappa shape index (κ2) is 6.04. The molecule has 7 nitrogen and oxygen atoms in total. The van der Waals surface area contributed by atoms with E-state index in [2.05, 4.69) is 0 Å². The first-order valence-corrected chi connectivity index (χ1v) is 8.83. The Morgan fingerprint density at radius 3 is 2.64 bits per heavy atom. The van der Waals surface area contributed by atoms with Crippen LogP contribution in [0.15, 0.2) is 18.2 Å². The van der Waals surface area contributed by atoms with E-state index in [1.165, 1.54) is 23.1 Å². The van der Waals surface area contributed by atoms with Crippen molar-refractivity contribution in [3.8, 4) is 0 Å². The van der Waals surface area contributed by atoms with Crippen molar-refractivity contribution < 1.29 is 18.1 Å². The number of carbonyl (C=O) groups excluding carboxylic acids is 1. The number of nitrogens with zero attached hydrogens (tertiary/aromatic N) is 2. The number of hydrogen-bond acceptors (Lipinski definition) is 5. The lowest BCUT2D eigenvalue weighted by Gasteiger charge is -2.26. The second-order valence-electron chi connectivity index (χ2n) is 5.41. The van der Waals surface area contributed by atoms with E-state index in [1.807, 2.05) is 0 Å². The van der Waals surface area contributed by atoms with Gasteiger partial charge in [-0.1, -0.05) is 6.07 Å². The van der Waals surface area contributed by atoms with Crippen molar-refractivity contribution in [1.29, 1.82) is 0 Å². The number of benzene rings is 1. The quantitative estimate of drug-likeness (QED) is 0.617. The number of nitro groups is 1. The normalized spacial score (nSPS) is 19.8. The molecule has 0 aliphatic carbocycles. The molecule has 1 aliphatic rings. The largest absolute Gasteiger partial charge is 0.335 e. The Morgan fingerprint density at radius 1 is 1.45 bits per heavy atom. The Labute approximate surface area is 129 Å². The summed E-state index contributed by atoms with van der Waals surface area (Å²) in [6.45, 7) is 3.74. The molecule has 1 heterocycles. The van der Waals surface area contributed by atoms with Gasteiger partial charge in [-0.15, -0.1) is 0 Å². The van der Waals surface area contributed by atoms with Crippen molar-refractivity contribution in [3.05, 3.63) is 39.4 Å². The molecule has 8 heteroatoms. The molecule has 2 rings (SSSR count).